The summed E-state index contributed by atoms with van der Waals surface area (Å²) in [5, 5.41) is 1.32. The third kappa shape index (κ3) is 2.04. The van der Waals surface area contributed by atoms with Crippen molar-refractivity contribution in [3.05, 3.63) is 48.5 Å². The molecule has 0 saturated heterocycles. The Kier molecular flexibility index (Phi) is 3.02. The van der Waals surface area contributed by atoms with E-state index in [-0.39, 0.29) is 0 Å². The molecular weight excluding hydrogens is 302 g/mol. The number of hydrogen-bond donors (Lipinski definition) is 0. The maximum Gasteiger partial charge on any atom is 0.150 e. The molecule has 4 aromatic rings. The topological polar surface area (TPSA) is 12.9 Å². The van der Waals surface area contributed by atoms with Crippen LogP contribution in [-0.4, -0.2) is 11.2 Å². The summed E-state index contributed by atoms with van der Waals surface area (Å²) in [6.45, 7) is 0. The molecule has 0 bridgehead atoms. The van der Waals surface area contributed by atoms with Gasteiger partial charge in [0.1, 0.15) is 0 Å². The van der Waals surface area contributed by atoms with E-state index in [4.69, 9.17) is 0 Å². The SMILES string of the molecule is CSc1nc2cc(-c3cc4ccccc4s3)ccc2s1. The van der Waals surface area contributed by atoms with Gasteiger partial charge in [0.25, 0.3) is 0 Å². The molecule has 0 unspecified atom stereocenters. The van der Waals surface area contributed by atoms with Gasteiger partial charge in [-0.3, -0.25) is 0 Å². The highest BCUT2D eigenvalue weighted by Gasteiger charge is 2.07. The fraction of sp³-hybridized carbons (Fsp3) is 0.0625. The van der Waals surface area contributed by atoms with Crippen LogP contribution in [0.4, 0.5) is 0 Å². The molecule has 0 aliphatic carbocycles. The van der Waals surface area contributed by atoms with Crippen molar-refractivity contribution < 1.29 is 0 Å². The lowest BCUT2D eigenvalue weighted by Crippen LogP contribution is -1.73. The van der Waals surface area contributed by atoms with Crippen molar-refractivity contribution in [1.29, 1.82) is 0 Å². The average Bonchev–Trinajstić information content (AvgIpc) is 3.09. The minimum absolute atomic E-state index is 1.11. The zero-order valence-electron chi connectivity index (χ0n) is 10.8. The van der Waals surface area contributed by atoms with Gasteiger partial charge in [-0.25, -0.2) is 4.98 Å². The molecule has 0 radical (unpaired) electrons. The smallest absolute Gasteiger partial charge is 0.150 e. The lowest BCUT2D eigenvalue weighted by Gasteiger charge is -1.96. The predicted molar refractivity (Wildman–Crippen MR) is 92.2 cm³/mol. The Morgan fingerprint density at radius 3 is 2.70 bits per heavy atom. The fourth-order valence-electron chi connectivity index (χ4n) is 2.27. The molecule has 0 amide bonds. The van der Waals surface area contributed by atoms with E-state index in [9.17, 15) is 0 Å². The molecule has 2 aromatic carbocycles. The molecular formula is C16H11NS3. The number of benzene rings is 2. The van der Waals surface area contributed by atoms with E-state index >= 15 is 0 Å². The van der Waals surface area contributed by atoms with E-state index in [0.29, 0.717) is 0 Å². The molecule has 4 heteroatoms. The van der Waals surface area contributed by atoms with Crippen LogP contribution in [0.25, 0.3) is 30.7 Å². The van der Waals surface area contributed by atoms with Crippen LogP contribution in [0.3, 0.4) is 0 Å². The molecule has 0 saturated carbocycles. The van der Waals surface area contributed by atoms with Gasteiger partial charge < -0.3 is 0 Å². The monoisotopic (exact) mass is 313 g/mol. The summed E-state index contributed by atoms with van der Waals surface area (Å²) in [6, 6.07) is 17.4. The van der Waals surface area contributed by atoms with Crippen molar-refractivity contribution >= 4 is 54.7 Å². The predicted octanol–water partition coefficient (Wildman–Crippen LogP) is 5.90. The van der Waals surface area contributed by atoms with Crippen molar-refractivity contribution in [2.24, 2.45) is 0 Å². The highest BCUT2D eigenvalue weighted by Crippen LogP contribution is 2.36. The first-order chi connectivity index (χ1) is 9.83. The van der Waals surface area contributed by atoms with Crippen LogP contribution in [0, 0.1) is 0 Å². The van der Waals surface area contributed by atoms with Gasteiger partial charge >= 0.3 is 0 Å². The zero-order valence-corrected chi connectivity index (χ0v) is 13.2. The van der Waals surface area contributed by atoms with Gasteiger partial charge in [-0.2, -0.15) is 0 Å². The molecule has 2 heterocycles. The summed E-state index contributed by atoms with van der Waals surface area (Å²) in [4.78, 5) is 5.97. The van der Waals surface area contributed by atoms with E-state index < -0.39 is 0 Å². The van der Waals surface area contributed by atoms with Crippen molar-refractivity contribution in [3.8, 4) is 10.4 Å². The third-order valence-corrected chi connectivity index (χ3v) is 6.44. The number of hydrogen-bond acceptors (Lipinski definition) is 4. The van der Waals surface area contributed by atoms with Gasteiger partial charge in [0, 0.05) is 9.58 Å². The standard InChI is InChI=1S/C16H11NS3/c1-18-16-17-12-8-11(6-7-14(12)20-16)15-9-10-4-2-3-5-13(10)19-15/h2-9H,1H3. The molecule has 0 aliphatic heterocycles. The van der Waals surface area contributed by atoms with Crippen molar-refractivity contribution in [1.82, 2.24) is 4.98 Å². The van der Waals surface area contributed by atoms with E-state index in [1.807, 2.05) is 11.3 Å². The average molecular weight is 313 g/mol. The summed E-state index contributed by atoms with van der Waals surface area (Å²) < 4.78 is 3.73. The molecule has 4 rings (SSSR count). The van der Waals surface area contributed by atoms with Crippen molar-refractivity contribution in [3.63, 3.8) is 0 Å². The van der Waals surface area contributed by atoms with E-state index in [1.54, 1.807) is 23.1 Å². The number of aromatic nitrogens is 1. The summed E-state index contributed by atoms with van der Waals surface area (Å²) >= 11 is 5.31. The number of thioether (sulfide) groups is 1. The summed E-state index contributed by atoms with van der Waals surface area (Å²) in [5.41, 5.74) is 2.37. The molecule has 1 nitrogen and oxygen atoms in total. The number of rotatable bonds is 2. The quantitative estimate of drug-likeness (QED) is 0.427. The number of nitrogens with zero attached hydrogens (tertiary/aromatic N) is 1. The Labute approximate surface area is 129 Å². The first-order valence-electron chi connectivity index (χ1n) is 6.27. The Balaban J connectivity index is 1.88. The molecule has 20 heavy (non-hydrogen) atoms. The number of thiazole rings is 1. The maximum atomic E-state index is 4.66. The van der Waals surface area contributed by atoms with Crippen LogP contribution in [0.1, 0.15) is 0 Å². The van der Waals surface area contributed by atoms with E-state index in [2.05, 4.69) is 59.8 Å². The van der Waals surface area contributed by atoms with Gasteiger partial charge in [0.05, 0.1) is 10.2 Å². The minimum Gasteiger partial charge on any atom is -0.230 e. The van der Waals surface area contributed by atoms with Crippen LogP contribution in [0.2, 0.25) is 0 Å². The van der Waals surface area contributed by atoms with Gasteiger partial charge in [-0.1, -0.05) is 36.0 Å². The molecule has 0 aliphatic rings. The largest absolute Gasteiger partial charge is 0.230 e. The Morgan fingerprint density at radius 2 is 1.85 bits per heavy atom. The van der Waals surface area contributed by atoms with Crippen molar-refractivity contribution in [2.75, 3.05) is 6.26 Å². The van der Waals surface area contributed by atoms with Gasteiger partial charge in [-0.05, 0) is 41.5 Å². The van der Waals surface area contributed by atoms with Crippen LogP contribution in [-0.2, 0) is 0 Å². The van der Waals surface area contributed by atoms with E-state index in [1.165, 1.54) is 25.2 Å². The first-order valence-corrected chi connectivity index (χ1v) is 9.13. The highest BCUT2D eigenvalue weighted by molar-refractivity contribution is 8.00. The maximum absolute atomic E-state index is 4.66. The lowest BCUT2D eigenvalue weighted by molar-refractivity contribution is 1.31. The molecule has 0 atom stereocenters. The van der Waals surface area contributed by atoms with Crippen LogP contribution in [0.5, 0.6) is 0 Å². The van der Waals surface area contributed by atoms with Crippen LogP contribution < -0.4 is 0 Å². The zero-order chi connectivity index (χ0) is 13.5. The van der Waals surface area contributed by atoms with Crippen molar-refractivity contribution in [2.45, 2.75) is 4.34 Å². The summed E-state index contributed by atoms with van der Waals surface area (Å²) in [5.74, 6) is 0. The molecule has 98 valence electrons. The second-order valence-electron chi connectivity index (χ2n) is 4.51. The summed E-state index contributed by atoms with van der Waals surface area (Å²) in [7, 11) is 0. The van der Waals surface area contributed by atoms with Gasteiger partial charge in [0.15, 0.2) is 4.34 Å². The Morgan fingerprint density at radius 1 is 0.950 bits per heavy atom. The Bertz CT molecular complexity index is 871. The second-order valence-corrected chi connectivity index (χ2v) is 7.68. The van der Waals surface area contributed by atoms with E-state index in [0.717, 1.165) is 9.86 Å². The number of thiophene rings is 1. The van der Waals surface area contributed by atoms with Gasteiger partial charge in [0.2, 0.25) is 0 Å². The number of fused-ring (bicyclic) bond motifs is 2. The van der Waals surface area contributed by atoms with Crippen LogP contribution >= 0.6 is 34.4 Å². The summed E-state index contributed by atoms with van der Waals surface area (Å²) in [6.07, 6.45) is 2.07. The minimum atomic E-state index is 1.11. The highest BCUT2D eigenvalue weighted by atomic mass is 32.2. The fourth-order valence-corrected chi connectivity index (χ4v) is 4.80. The molecule has 0 spiro atoms. The molecule has 0 N–H and O–H groups in total. The molecule has 2 aromatic heterocycles. The normalized spacial score (nSPS) is 11.4. The third-order valence-electron chi connectivity index (χ3n) is 3.25. The molecule has 0 fully saturated rings. The van der Waals surface area contributed by atoms with Crippen LogP contribution in [0.15, 0.2) is 52.9 Å². The lowest BCUT2D eigenvalue weighted by atomic mass is 10.1. The van der Waals surface area contributed by atoms with Gasteiger partial charge in [-0.15, -0.1) is 22.7 Å². The first kappa shape index (κ1) is 12.4. The Hall–Kier alpha value is -1.36. The second kappa shape index (κ2) is 4.88.